The number of halogens is 1. The zero-order chi connectivity index (χ0) is 13.1. The Kier molecular flexibility index (Phi) is 4.56. The van der Waals surface area contributed by atoms with Gasteiger partial charge in [0, 0.05) is 11.6 Å². The van der Waals surface area contributed by atoms with Crippen molar-refractivity contribution < 1.29 is 16.8 Å². The summed E-state index contributed by atoms with van der Waals surface area (Å²) in [5.74, 6) is 0. The number of nitrogens with one attached hydrogen (secondary N) is 1. The minimum absolute atomic E-state index is 0.382. The molecule has 0 bridgehead atoms. The molecule has 8 heteroatoms. The molecule has 96 valence electrons. The SMILES string of the molecule is CS(=O)(=O)CS(=O)(=O)Nc1ccccc1CBr. The van der Waals surface area contributed by atoms with Crippen molar-refractivity contribution in [3.8, 4) is 0 Å². The Hall–Kier alpha value is -0.600. The van der Waals surface area contributed by atoms with E-state index in [0.717, 1.165) is 11.8 Å². The molecular weight excluding hydrogens is 330 g/mol. The molecule has 0 aliphatic carbocycles. The van der Waals surface area contributed by atoms with Crippen LogP contribution in [0.2, 0.25) is 0 Å². The van der Waals surface area contributed by atoms with Gasteiger partial charge in [-0.2, -0.15) is 0 Å². The first kappa shape index (κ1) is 14.5. The predicted molar refractivity (Wildman–Crippen MR) is 71.3 cm³/mol. The largest absolute Gasteiger partial charge is 0.282 e. The Labute approximate surface area is 109 Å². The van der Waals surface area contributed by atoms with Crippen molar-refractivity contribution in [2.24, 2.45) is 0 Å². The number of anilines is 1. The molecule has 1 aromatic rings. The van der Waals surface area contributed by atoms with Crippen LogP contribution in [-0.2, 0) is 25.2 Å². The van der Waals surface area contributed by atoms with Gasteiger partial charge in [0.25, 0.3) is 0 Å². The van der Waals surface area contributed by atoms with E-state index >= 15 is 0 Å². The molecular formula is C9H12BrNO4S2. The van der Waals surface area contributed by atoms with Gasteiger partial charge in [-0.25, -0.2) is 16.8 Å². The van der Waals surface area contributed by atoms with Crippen molar-refractivity contribution >= 4 is 41.5 Å². The zero-order valence-corrected chi connectivity index (χ0v) is 12.3. The van der Waals surface area contributed by atoms with Crippen LogP contribution in [0.5, 0.6) is 0 Å². The lowest BCUT2D eigenvalue weighted by molar-refractivity contribution is 0.595. The second kappa shape index (κ2) is 5.36. The summed E-state index contributed by atoms with van der Waals surface area (Å²) in [5.41, 5.74) is 1.12. The maximum atomic E-state index is 11.6. The number of para-hydroxylation sites is 1. The molecule has 0 unspecified atom stereocenters. The van der Waals surface area contributed by atoms with Crippen LogP contribution < -0.4 is 4.72 Å². The monoisotopic (exact) mass is 341 g/mol. The van der Waals surface area contributed by atoms with Crippen molar-refractivity contribution in [2.75, 3.05) is 16.1 Å². The molecule has 0 aliphatic heterocycles. The third kappa shape index (κ3) is 5.05. The summed E-state index contributed by atoms with van der Waals surface area (Å²) < 4.78 is 47.3. The van der Waals surface area contributed by atoms with E-state index in [0.29, 0.717) is 11.0 Å². The summed E-state index contributed by atoms with van der Waals surface area (Å²) in [6, 6.07) is 6.76. The van der Waals surface area contributed by atoms with Gasteiger partial charge in [0.2, 0.25) is 10.0 Å². The fraction of sp³-hybridized carbons (Fsp3) is 0.333. The molecule has 0 amide bonds. The highest BCUT2D eigenvalue weighted by molar-refractivity contribution is 9.08. The fourth-order valence-corrected chi connectivity index (χ4v) is 4.73. The number of hydrogen-bond donors (Lipinski definition) is 1. The minimum atomic E-state index is -3.88. The quantitative estimate of drug-likeness (QED) is 0.819. The number of rotatable bonds is 5. The van der Waals surface area contributed by atoms with Crippen molar-refractivity contribution in [2.45, 2.75) is 5.33 Å². The lowest BCUT2D eigenvalue weighted by Gasteiger charge is -2.10. The van der Waals surface area contributed by atoms with Crippen LogP contribution in [0.15, 0.2) is 24.3 Å². The number of alkyl halides is 1. The molecule has 0 saturated carbocycles. The molecule has 17 heavy (non-hydrogen) atoms. The minimum Gasteiger partial charge on any atom is -0.282 e. The predicted octanol–water partition coefficient (Wildman–Crippen LogP) is 1.33. The van der Waals surface area contributed by atoms with E-state index in [4.69, 9.17) is 0 Å². The van der Waals surface area contributed by atoms with Gasteiger partial charge in [0.05, 0.1) is 5.69 Å². The highest BCUT2D eigenvalue weighted by Crippen LogP contribution is 2.19. The molecule has 0 heterocycles. The van der Waals surface area contributed by atoms with E-state index in [2.05, 4.69) is 20.7 Å². The molecule has 0 aliphatic rings. The summed E-state index contributed by atoms with van der Waals surface area (Å²) in [5, 5.41) is -0.443. The molecule has 0 radical (unpaired) electrons. The van der Waals surface area contributed by atoms with E-state index in [-0.39, 0.29) is 0 Å². The van der Waals surface area contributed by atoms with Crippen LogP contribution in [-0.4, -0.2) is 28.2 Å². The maximum Gasteiger partial charge on any atom is 0.247 e. The summed E-state index contributed by atoms with van der Waals surface area (Å²) >= 11 is 3.22. The molecule has 1 aromatic carbocycles. The lowest BCUT2D eigenvalue weighted by atomic mass is 10.2. The topological polar surface area (TPSA) is 80.3 Å². The van der Waals surface area contributed by atoms with Crippen molar-refractivity contribution in [1.29, 1.82) is 0 Å². The summed E-state index contributed by atoms with van der Waals surface area (Å²) in [6.07, 6.45) is 0.878. The lowest BCUT2D eigenvalue weighted by Crippen LogP contribution is -2.22. The number of hydrogen-bond acceptors (Lipinski definition) is 4. The van der Waals surface area contributed by atoms with Gasteiger partial charge in [-0.15, -0.1) is 0 Å². The smallest absolute Gasteiger partial charge is 0.247 e. The zero-order valence-electron chi connectivity index (χ0n) is 9.05. The van der Waals surface area contributed by atoms with E-state index in [1.165, 1.54) is 0 Å². The van der Waals surface area contributed by atoms with Crippen LogP contribution in [0.3, 0.4) is 0 Å². The normalized spacial score (nSPS) is 12.4. The van der Waals surface area contributed by atoms with Gasteiger partial charge in [-0.1, -0.05) is 34.1 Å². The standard InChI is InChI=1S/C9H12BrNO4S2/c1-16(12,13)7-17(14,15)11-9-5-3-2-4-8(9)6-10/h2-5,11H,6-7H2,1H3. The highest BCUT2D eigenvalue weighted by atomic mass is 79.9. The number of benzene rings is 1. The Morgan fingerprint density at radius 3 is 2.29 bits per heavy atom. The maximum absolute atomic E-state index is 11.6. The molecule has 0 atom stereocenters. The second-order valence-corrected chi connectivity index (χ2v) is 8.34. The molecule has 0 saturated heterocycles. The van der Waals surface area contributed by atoms with E-state index < -0.39 is 24.9 Å². The third-order valence-corrected chi connectivity index (χ3v) is 5.88. The first-order valence-corrected chi connectivity index (χ1v) is 9.39. The van der Waals surface area contributed by atoms with Gasteiger partial charge in [0.1, 0.15) is 0 Å². The van der Waals surface area contributed by atoms with Gasteiger partial charge >= 0.3 is 0 Å². The molecule has 0 aromatic heterocycles. The molecule has 1 rings (SSSR count). The van der Waals surface area contributed by atoms with Gasteiger partial charge in [-0.05, 0) is 11.6 Å². The van der Waals surface area contributed by atoms with Gasteiger partial charge in [0.15, 0.2) is 14.9 Å². The third-order valence-electron chi connectivity index (χ3n) is 1.80. The van der Waals surface area contributed by atoms with Crippen LogP contribution in [0.1, 0.15) is 5.56 Å². The Bertz CT molecular complexity index is 595. The molecule has 0 spiro atoms. The van der Waals surface area contributed by atoms with E-state index in [9.17, 15) is 16.8 Å². The van der Waals surface area contributed by atoms with Crippen molar-refractivity contribution in [3.63, 3.8) is 0 Å². The summed E-state index contributed by atoms with van der Waals surface area (Å²) in [7, 11) is -7.47. The first-order chi connectivity index (χ1) is 7.73. The van der Waals surface area contributed by atoms with Crippen LogP contribution in [0.25, 0.3) is 0 Å². The average molecular weight is 342 g/mol. The molecule has 1 N–H and O–H groups in total. The first-order valence-electron chi connectivity index (χ1n) is 4.55. The van der Waals surface area contributed by atoms with E-state index in [1.54, 1.807) is 24.3 Å². The van der Waals surface area contributed by atoms with Crippen LogP contribution in [0, 0.1) is 0 Å². The highest BCUT2D eigenvalue weighted by Gasteiger charge is 2.18. The Morgan fingerprint density at radius 2 is 1.76 bits per heavy atom. The number of sulfonamides is 1. The van der Waals surface area contributed by atoms with Crippen molar-refractivity contribution in [1.82, 2.24) is 0 Å². The number of sulfone groups is 1. The van der Waals surface area contributed by atoms with Crippen molar-refractivity contribution in [3.05, 3.63) is 29.8 Å². The fourth-order valence-electron chi connectivity index (χ4n) is 1.22. The summed E-state index contributed by atoms with van der Waals surface area (Å²) in [4.78, 5) is 0. The second-order valence-electron chi connectivity index (χ2n) is 3.55. The van der Waals surface area contributed by atoms with Gasteiger partial charge in [-0.3, -0.25) is 4.72 Å². The van der Waals surface area contributed by atoms with Crippen LogP contribution >= 0.6 is 15.9 Å². The molecule has 5 nitrogen and oxygen atoms in total. The van der Waals surface area contributed by atoms with Gasteiger partial charge < -0.3 is 0 Å². The average Bonchev–Trinajstić information content (AvgIpc) is 2.14. The Balaban J connectivity index is 2.98. The van der Waals surface area contributed by atoms with E-state index in [1.807, 2.05) is 0 Å². The Morgan fingerprint density at radius 1 is 1.18 bits per heavy atom. The summed E-state index contributed by atoms with van der Waals surface area (Å²) in [6.45, 7) is 0. The van der Waals surface area contributed by atoms with Crippen LogP contribution in [0.4, 0.5) is 5.69 Å². The molecule has 0 fully saturated rings.